The maximum atomic E-state index is 13.9. The standard InChI is InChI=1S/C44H46N4O4Si.C28H28N4O4/c1-29(2)46-43(50)48-28-33-26-36(42(45)49)47-41(32-17-14-16-30(25-32)39-27-31-15-12-13-22-38(31)52-39)40(33)37(48)23-24-51-53(44(3,4)5,34-18-8-6-9-19-34)35-20-10-7-11-21-35;1-16(2)30-28(35)32-15-20-13-21(27(29)34)31-26(25(20)22(32)10-11-33)19-8-5-7-17(12-19)24-14-18-6-3-4-9-23(18)36-24/h6-22,25-27,29,37H,23-24,28H2,1-5H3,(H2,45,49)(H,46,50);3-9,12-14,16,22,33H,10-11,15H2,1-2H3,(H2,29,34)(H,30,35)/t37-;22-/m11/s1. The van der Waals surface area contributed by atoms with E-state index in [9.17, 15) is 24.3 Å². The number of nitrogens with one attached hydrogen (secondary N) is 2. The van der Waals surface area contributed by atoms with Gasteiger partial charge in [0.1, 0.15) is 34.1 Å². The van der Waals surface area contributed by atoms with Crippen molar-refractivity contribution in [2.24, 2.45) is 11.5 Å². The third-order valence-corrected chi connectivity index (χ3v) is 21.5. The van der Waals surface area contributed by atoms with E-state index in [1.807, 2.05) is 154 Å². The number of carbonyl (C=O) groups is 4. The number of aromatic nitrogens is 2. The maximum absolute atomic E-state index is 13.9. The molecule has 17 heteroatoms. The molecule has 6 amide bonds. The molecular weight excluding hydrogens is 1130 g/mol. The molecule has 0 saturated heterocycles. The Balaban J connectivity index is 0.000000197. The molecular formula is C72H74N8O8Si. The molecule has 12 rings (SSSR count). The Morgan fingerprint density at radius 1 is 0.562 bits per heavy atom. The van der Waals surface area contributed by atoms with Crippen LogP contribution in [0.15, 0.2) is 191 Å². The molecule has 16 nitrogen and oxygen atoms in total. The number of urea groups is 2. The zero-order valence-corrected chi connectivity index (χ0v) is 52.1. The monoisotopic (exact) mass is 1210 g/mol. The first-order valence-electron chi connectivity index (χ1n) is 30.2. The van der Waals surface area contributed by atoms with Gasteiger partial charge in [0.15, 0.2) is 0 Å². The molecule has 0 unspecified atom stereocenters. The summed E-state index contributed by atoms with van der Waals surface area (Å²) in [5, 5.41) is 20.0. The number of aliphatic hydroxyl groups is 1. The van der Waals surface area contributed by atoms with Crippen LogP contribution in [0, 0.1) is 0 Å². The maximum Gasteiger partial charge on any atom is 0.318 e. The molecule has 0 aliphatic carbocycles. The molecule has 7 N–H and O–H groups in total. The van der Waals surface area contributed by atoms with Crippen molar-refractivity contribution >= 4 is 64.5 Å². The average molecular weight is 1210 g/mol. The van der Waals surface area contributed by atoms with Crippen LogP contribution in [0.3, 0.4) is 0 Å². The lowest BCUT2D eigenvalue weighted by molar-refractivity contribution is 0.0987. The van der Waals surface area contributed by atoms with Gasteiger partial charge in [-0.25, -0.2) is 19.6 Å². The summed E-state index contributed by atoms with van der Waals surface area (Å²) in [7, 11) is -2.86. The smallest absolute Gasteiger partial charge is 0.318 e. The first-order chi connectivity index (χ1) is 42.8. The van der Waals surface area contributed by atoms with E-state index in [0.717, 1.165) is 72.2 Å². The minimum atomic E-state index is -2.86. The van der Waals surface area contributed by atoms with Gasteiger partial charge in [-0.1, -0.05) is 154 Å². The molecule has 2 atom stereocenters. The summed E-state index contributed by atoms with van der Waals surface area (Å²) in [4.78, 5) is 64.9. The van der Waals surface area contributed by atoms with Crippen LogP contribution >= 0.6 is 0 Å². The van der Waals surface area contributed by atoms with Crippen LogP contribution in [0.25, 0.3) is 67.1 Å². The van der Waals surface area contributed by atoms with Crippen molar-refractivity contribution in [3.05, 3.63) is 216 Å². The lowest BCUT2D eigenvalue weighted by Crippen LogP contribution is -2.66. The number of hydrogen-bond acceptors (Lipinski definition) is 10. The van der Waals surface area contributed by atoms with E-state index in [1.54, 1.807) is 17.0 Å². The van der Waals surface area contributed by atoms with Crippen LogP contribution in [-0.4, -0.2) is 82.4 Å². The predicted molar refractivity (Wildman–Crippen MR) is 351 cm³/mol. The summed E-state index contributed by atoms with van der Waals surface area (Å²) in [6, 6.07) is 58.6. The van der Waals surface area contributed by atoms with Crippen LogP contribution in [0.4, 0.5) is 9.59 Å². The van der Waals surface area contributed by atoms with Gasteiger partial charge in [-0.2, -0.15) is 0 Å². The number of primary amides is 2. The average Bonchev–Trinajstić information content (AvgIpc) is 1.81. The van der Waals surface area contributed by atoms with Gasteiger partial charge in [-0.15, -0.1) is 0 Å². The number of hydrogen-bond donors (Lipinski definition) is 5. The summed E-state index contributed by atoms with van der Waals surface area (Å²) in [6.45, 7) is 15.3. The highest BCUT2D eigenvalue weighted by molar-refractivity contribution is 6.99. The second kappa shape index (κ2) is 25.6. The van der Waals surface area contributed by atoms with E-state index in [2.05, 4.69) is 84.9 Å². The Hall–Kier alpha value is -9.68. The fourth-order valence-corrected chi connectivity index (χ4v) is 17.2. The van der Waals surface area contributed by atoms with E-state index in [0.29, 0.717) is 43.1 Å². The highest BCUT2D eigenvalue weighted by Gasteiger charge is 2.50. The highest BCUT2D eigenvalue weighted by Crippen LogP contribution is 2.46. The van der Waals surface area contributed by atoms with Gasteiger partial charge in [0.05, 0.1) is 23.5 Å². The number of pyridine rings is 2. The number of nitrogens with two attached hydrogens (primary N) is 2. The van der Waals surface area contributed by atoms with E-state index in [1.165, 1.54) is 10.4 Å². The Morgan fingerprint density at radius 3 is 1.36 bits per heavy atom. The molecule has 6 heterocycles. The van der Waals surface area contributed by atoms with Crippen LogP contribution in [0.1, 0.15) is 117 Å². The molecule has 0 saturated carbocycles. The molecule has 0 fully saturated rings. The van der Waals surface area contributed by atoms with Crippen molar-refractivity contribution in [1.82, 2.24) is 30.4 Å². The van der Waals surface area contributed by atoms with Crippen molar-refractivity contribution in [3.8, 4) is 45.2 Å². The fraction of sp³-hybridized carbons (Fsp3) is 0.250. The molecule has 4 aromatic heterocycles. The molecule has 454 valence electrons. The second-order valence-electron chi connectivity index (χ2n) is 24.4. The fourth-order valence-electron chi connectivity index (χ4n) is 12.6. The first-order valence-corrected chi connectivity index (χ1v) is 32.1. The van der Waals surface area contributed by atoms with Crippen LogP contribution < -0.4 is 32.5 Å². The Labute approximate surface area is 519 Å². The third-order valence-electron chi connectivity index (χ3n) is 16.5. The Kier molecular flexibility index (Phi) is 17.5. The Morgan fingerprint density at radius 2 is 0.966 bits per heavy atom. The summed E-state index contributed by atoms with van der Waals surface area (Å²) < 4.78 is 19.6. The number of carbonyl (C=O) groups excluding carboxylic acids is 4. The van der Waals surface area contributed by atoms with Gasteiger partial charge in [-0.3, -0.25) is 9.59 Å². The SMILES string of the molecule is CC(C)NC(=O)N1Cc2cc(C(N)=O)nc(-c3cccc(-c4cc5ccccc5o4)c3)c2[C@H]1CCO.CC(C)NC(=O)N1Cc2cc(C(N)=O)nc(-c3cccc(-c4cc5ccccc5o4)c3)c2[C@H]1CCO[Si](c1ccccc1)(c1ccccc1)C(C)(C)C. The van der Waals surface area contributed by atoms with E-state index in [-0.39, 0.29) is 59.8 Å². The number of rotatable bonds is 16. The van der Waals surface area contributed by atoms with Crippen LogP contribution in [0.2, 0.25) is 5.04 Å². The van der Waals surface area contributed by atoms with E-state index < -0.39 is 26.2 Å². The van der Waals surface area contributed by atoms with E-state index in [4.69, 9.17) is 29.7 Å². The number of furan rings is 2. The molecule has 6 aromatic carbocycles. The number of amides is 6. The van der Waals surface area contributed by atoms with Gasteiger partial charge >= 0.3 is 12.1 Å². The lowest BCUT2D eigenvalue weighted by atomic mass is 9.94. The normalized spacial score (nSPS) is 14.6. The van der Waals surface area contributed by atoms with Crippen molar-refractivity contribution in [2.75, 3.05) is 13.2 Å². The summed E-state index contributed by atoms with van der Waals surface area (Å²) in [5.74, 6) is 0.171. The Bertz CT molecular complexity index is 4150. The largest absolute Gasteiger partial charge is 0.456 e. The minimum Gasteiger partial charge on any atom is -0.456 e. The molecule has 2 aliphatic rings. The van der Waals surface area contributed by atoms with Crippen molar-refractivity contribution < 1.29 is 37.5 Å². The molecule has 89 heavy (non-hydrogen) atoms. The van der Waals surface area contributed by atoms with Crippen molar-refractivity contribution in [3.63, 3.8) is 0 Å². The predicted octanol–water partition coefficient (Wildman–Crippen LogP) is 12.8. The number of fused-ring (bicyclic) bond motifs is 4. The van der Waals surface area contributed by atoms with Crippen molar-refractivity contribution in [2.45, 2.75) is 104 Å². The second-order valence-corrected chi connectivity index (χ2v) is 28.7. The van der Waals surface area contributed by atoms with Crippen LogP contribution in [-0.2, 0) is 17.5 Å². The molecule has 10 aromatic rings. The van der Waals surface area contributed by atoms with Gasteiger partial charge < -0.3 is 50.3 Å². The van der Waals surface area contributed by atoms with Crippen molar-refractivity contribution in [1.29, 1.82) is 0 Å². The van der Waals surface area contributed by atoms with Gasteiger partial charge in [0.2, 0.25) is 0 Å². The summed E-state index contributed by atoms with van der Waals surface area (Å²) in [6.07, 6.45) is 0.850. The molecule has 0 bridgehead atoms. The van der Waals surface area contributed by atoms with E-state index >= 15 is 0 Å². The number of nitrogens with zero attached hydrogens (tertiary/aromatic N) is 4. The number of para-hydroxylation sites is 2. The zero-order valence-electron chi connectivity index (χ0n) is 51.1. The highest BCUT2D eigenvalue weighted by atomic mass is 28.4. The molecule has 0 spiro atoms. The van der Waals surface area contributed by atoms with Gasteiger partial charge in [-0.05, 0) is 116 Å². The first kappa shape index (κ1) is 61.0. The third kappa shape index (κ3) is 12.5. The summed E-state index contributed by atoms with van der Waals surface area (Å²) >= 11 is 0. The summed E-state index contributed by atoms with van der Waals surface area (Å²) in [5.41, 5.74) is 21.2. The minimum absolute atomic E-state index is 0.0461. The zero-order chi connectivity index (χ0) is 62.7. The number of benzene rings is 6. The quantitative estimate of drug-likeness (QED) is 0.0574. The topological polar surface area (TPSA) is 232 Å². The number of aliphatic hydroxyl groups excluding tert-OH is 1. The lowest BCUT2D eigenvalue weighted by Gasteiger charge is -2.43. The van der Waals surface area contributed by atoms with Gasteiger partial charge in [0, 0.05) is 82.5 Å². The molecule has 2 aliphatic heterocycles. The van der Waals surface area contributed by atoms with Gasteiger partial charge in [0.25, 0.3) is 20.1 Å². The van der Waals surface area contributed by atoms with Crippen LogP contribution in [0.5, 0.6) is 0 Å². The molecule has 0 radical (unpaired) electrons.